The summed E-state index contributed by atoms with van der Waals surface area (Å²) in [7, 11) is 1.73. The molecule has 1 aromatic heterocycles. The largest absolute Gasteiger partial charge is 0.496 e. The maximum absolute atomic E-state index is 6.08. The van der Waals surface area contributed by atoms with Gasteiger partial charge in [0.15, 0.2) is 0 Å². The number of ether oxygens (including phenoxy) is 2. The van der Waals surface area contributed by atoms with Crippen molar-refractivity contribution in [1.82, 2.24) is 9.55 Å². The van der Waals surface area contributed by atoms with E-state index in [1.165, 1.54) is 0 Å². The molecular weight excluding hydrogens is 300 g/mol. The van der Waals surface area contributed by atoms with E-state index in [1.807, 2.05) is 18.7 Å². The van der Waals surface area contributed by atoms with Crippen LogP contribution in [0, 0.1) is 5.92 Å². The summed E-state index contributed by atoms with van der Waals surface area (Å²) >= 11 is 0. The summed E-state index contributed by atoms with van der Waals surface area (Å²) in [6, 6.07) is 4.37. The lowest BCUT2D eigenvalue weighted by Gasteiger charge is -2.30. The van der Waals surface area contributed by atoms with E-state index in [4.69, 9.17) is 9.47 Å². The Morgan fingerprint density at radius 2 is 2.08 bits per heavy atom. The standard InChI is InChI=1S/C20H26N2O2/c1-14(2)12-17(22-11-10-21-13-22)15-6-7-18-16(19(15)23-5)8-9-20(3,4)24-18/h6-11,13-14,17H,12H2,1-5H3. The number of rotatable bonds is 5. The van der Waals surface area contributed by atoms with Gasteiger partial charge in [0.2, 0.25) is 0 Å². The maximum Gasteiger partial charge on any atom is 0.135 e. The SMILES string of the molecule is COc1c(C(CC(C)C)n2ccnc2)ccc2c1C=CC(C)(C)O2. The smallest absolute Gasteiger partial charge is 0.135 e. The zero-order chi connectivity index (χ0) is 17.3. The summed E-state index contributed by atoms with van der Waals surface area (Å²) in [5.74, 6) is 2.32. The second-order valence-electron chi connectivity index (χ2n) is 7.29. The molecule has 4 heteroatoms. The number of aromatic nitrogens is 2. The van der Waals surface area contributed by atoms with Gasteiger partial charge in [0.1, 0.15) is 17.1 Å². The van der Waals surface area contributed by atoms with Crippen molar-refractivity contribution < 1.29 is 9.47 Å². The summed E-state index contributed by atoms with van der Waals surface area (Å²) in [5.41, 5.74) is 1.89. The molecule has 0 amide bonds. The minimum Gasteiger partial charge on any atom is -0.496 e. The first kappa shape index (κ1) is 16.6. The van der Waals surface area contributed by atoms with Crippen LogP contribution in [-0.2, 0) is 0 Å². The third kappa shape index (κ3) is 3.18. The fraction of sp³-hybridized carbons (Fsp3) is 0.450. The molecule has 4 nitrogen and oxygen atoms in total. The third-order valence-electron chi connectivity index (χ3n) is 4.35. The minimum absolute atomic E-state index is 0.191. The van der Waals surface area contributed by atoms with Gasteiger partial charge in [0.05, 0.1) is 25.0 Å². The Morgan fingerprint density at radius 3 is 2.71 bits per heavy atom. The van der Waals surface area contributed by atoms with Gasteiger partial charge in [-0.1, -0.05) is 13.8 Å². The molecular formula is C20H26N2O2. The molecule has 2 heterocycles. The molecule has 1 aliphatic heterocycles. The van der Waals surface area contributed by atoms with Gasteiger partial charge in [-0.25, -0.2) is 4.98 Å². The summed E-state index contributed by atoms with van der Waals surface area (Å²) in [6.07, 6.45) is 10.9. The van der Waals surface area contributed by atoms with Crippen LogP contribution >= 0.6 is 0 Å². The van der Waals surface area contributed by atoms with Gasteiger partial charge in [0, 0.05) is 18.0 Å². The molecule has 0 aliphatic carbocycles. The van der Waals surface area contributed by atoms with Crippen LogP contribution in [0.15, 0.2) is 36.9 Å². The second-order valence-corrected chi connectivity index (χ2v) is 7.29. The van der Waals surface area contributed by atoms with Crippen molar-refractivity contribution in [3.8, 4) is 11.5 Å². The first-order valence-corrected chi connectivity index (χ1v) is 8.48. The van der Waals surface area contributed by atoms with Gasteiger partial charge in [0.25, 0.3) is 0 Å². The Kier molecular flexibility index (Phi) is 4.39. The van der Waals surface area contributed by atoms with E-state index in [0.29, 0.717) is 5.92 Å². The van der Waals surface area contributed by atoms with Gasteiger partial charge in [-0.3, -0.25) is 0 Å². The van der Waals surface area contributed by atoms with Crippen LogP contribution in [0.3, 0.4) is 0 Å². The zero-order valence-electron chi connectivity index (χ0n) is 15.1. The van der Waals surface area contributed by atoms with Crippen LogP contribution in [0.2, 0.25) is 0 Å². The quantitative estimate of drug-likeness (QED) is 0.798. The highest BCUT2D eigenvalue weighted by Gasteiger charge is 2.27. The average Bonchev–Trinajstić information content (AvgIpc) is 3.04. The molecule has 0 saturated carbocycles. The first-order chi connectivity index (χ1) is 11.4. The van der Waals surface area contributed by atoms with Crippen molar-refractivity contribution in [2.45, 2.75) is 45.8 Å². The first-order valence-electron chi connectivity index (χ1n) is 8.48. The van der Waals surface area contributed by atoms with Crippen LogP contribution in [0.25, 0.3) is 6.08 Å². The van der Waals surface area contributed by atoms with Crippen LogP contribution in [0.5, 0.6) is 11.5 Å². The Labute approximate surface area is 144 Å². The molecule has 0 bridgehead atoms. The van der Waals surface area contributed by atoms with Crippen molar-refractivity contribution in [2.24, 2.45) is 5.92 Å². The topological polar surface area (TPSA) is 36.3 Å². The number of hydrogen-bond donors (Lipinski definition) is 0. The summed E-state index contributed by atoms with van der Waals surface area (Å²) in [5, 5.41) is 0. The van der Waals surface area contributed by atoms with E-state index in [0.717, 1.165) is 29.0 Å². The van der Waals surface area contributed by atoms with E-state index >= 15 is 0 Å². The number of methoxy groups -OCH3 is 1. The summed E-state index contributed by atoms with van der Waals surface area (Å²) in [4.78, 5) is 4.22. The molecule has 128 valence electrons. The molecule has 0 radical (unpaired) electrons. The van der Waals surface area contributed by atoms with Gasteiger partial charge in [-0.15, -0.1) is 0 Å². The number of fused-ring (bicyclic) bond motifs is 1. The molecule has 1 aliphatic rings. The van der Waals surface area contributed by atoms with Gasteiger partial charge in [-0.2, -0.15) is 0 Å². The second kappa shape index (κ2) is 6.34. The molecule has 3 rings (SSSR count). The molecule has 1 unspecified atom stereocenters. The lowest BCUT2D eigenvalue weighted by molar-refractivity contribution is 0.158. The highest BCUT2D eigenvalue weighted by Crippen LogP contribution is 2.42. The number of hydrogen-bond acceptors (Lipinski definition) is 3. The predicted molar refractivity (Wildman–Crippen MR) is 96.6 cm³/mol. The molecule has 0 N–H and O–H groups in total. The summed E-state index contributed by atoms with van der Waals surface area (Å²) in [6.45, 7) is 8.58. The Morgan fingerprint density at radius 1 is 1.29 bits per heavy atom. The molecule has 0 spiro atoms. The predicted octanol–water partition coefficient (Wildman–Crippen LogP) is 4.71. The zero-order valence-corrected chi connectivity index (χ0v) is 15.1. The maximum atomic E-state index is 6.08. The fourth-order valence-electron chi connectivity index (χ4n) is 3.25. The Balaban J connectivity index is 2.10. The summed E-state index contributed by atoms with van der Waals surface area (Å²) < 4.78 is 14.0. The van der Waals surface area contributed by atoms with Crippen LogP contribution in [0.4, 0.5) is 0 Å². The van der Waals surface area contributed by atoms with Crippen molar-refractivity contribution in [3.05, 3.63) is 48.1 Å². The lowest BCUT2D eigenvalue weighted by Crippen LogP contribution is -2.27. The minimum atomic E-state index is -0.290. The number of benzene rings is 1. The van der Waals surface area contributed by atoms with Crippen LogP contribution < -0.4 is 9.47 Å². The fourth-order valence-corrected chi connectivity index (χ4v) is 3.25. The molecule has 0 fully saturated rings. The van der Waals surface area contributed by atoms with Gasteiger partial charge >= 0.3 is 0 Å². The van der Waals surface area contributed by atoms with Gasteiger partial charge < -0.3 is 14.0 Å². The highest BCUT2D eigenvalue weighted by molar-refractivity contribution is 5.69. The van der Waals surface area contributed by atoms with E-state index < -0.39 is 0 Å². The number of imidazole rings is 1. The molecule has 1 aromatic carbocycles. The average molecular weight is 326 g/mol. The lowest BCUT2D eigenvalue weighted by atomic mass is 9.92. The van der Waals surface area contributed by atoms with Crippen molar-refractivity contribution in [2.75, 3.05) is 7.11 Å². The normalized spacial score (nSPS) is 16.6. The molecule has 1 atom stereocenters. The third-order valence-corrected chi connectivity index (χ3v) is 4.35. The number of nitrogens with zero attached hydrogens (tertiary/aromatic N) is 2. The van der Waals surface area contributed by atoms with Crippen LogP contribution in [-0.4, -0.2) is 22.3 Å². The van der Waals surface area contributed by atoms with E-state index in [1.54, 1.807) is 7.11 Å². The van der Waals surface area contributed by atoms with Crippen molar-refractivity contribution in [3.63, 3.8) is 0 Å². The highest BCUT2D eigenvalue weighted by atomic mass is 16.5. The van der Waals surface area contributed by atoms with E-state index in [-0.39, 0.29) is 11.6 Å². The molecule has 24 heavy (non-hydrogen) atoms. The Bertz CT molecular complexity index is 730. The molecule has 2 aromatic rings. The molecule has 0 saturated heterocycles. The Hall–Kier alpha value is -2.23. The van der Waals surface area contributed by atoms with Gasteiger partial charge in [-0.05, 0) is 50.5 Å². The van der Waals surface area contributed by atoms with Crippen molar-refractivity contribution in [1.29, 1.82) is 0 Å². The van der Waals surface area contributed by atoms with E-state index in [2.05, 4.69) is 61.5 Å². The van der Waals surface area contributed by atoms with Crippen molar-refractivity contribution >= 4 is 6.08 Å². The monoisotopic (exact) mass is 326 g/mol. The van der Waals surface area contributed by atoms with E-state index in [9.17, 15) is 0 Å². The van der Waals surface area contributed by atoms with Crippen LogP contribution in [0.1, 0.15) is 51.3 Å².